The van der Waals surface area contributed by atoms with Crippen LogP contribution < -0.4 is 11.1 Å². The fraction of sp³-hybridized carbons (Fsp3) is 0.167. The summed E-state index contributed by atoms with van der Waals surface area (Å²) < 4.78 is 0. The minimum Gasteiger partial charge on any atom is -0.397 e. The molecule has 2 aromatic rings. The molecule has 0 spiro atoms. The highest BCUT2D eigenvalue weighted by Gasteiger charge is 1.99. The van der Waals surface area contributed by atoms with Crippen molar-refractivity contribution in [3.8, 4) is 0 Å². The van der Waals surface area contributed by atoms with Crippen LogP contribution in [0.15, 0.2) is 30.5 Å². The molecule has 0 fully saturated rings. The smallest absolute Gasteiger partial charge is 0.131 e. The first kappa shape index (κ1) is 10.4. The maximum absolute atomic E-state index is 5.70. The Bertz CT molecular complexity index is 491. The zero-order valence-electron chi connectivity index (χ0n) is 9.36. The van der Waals surface area contributed by atoms with E-state index in [0.29, 0.717) is 5.69 Å². The van der Waals surface area contributed by atoms with Gasteiger partial charge >= 0.3 is 0 Å². The minimum absolute atomic E-state index is 0.697. The van der Waals surface area contributed by atoms with Gasteiger partial charge in [0, 0.05) is 6.20 Å². The Labute approximate surface area is 94.5 Å². The molecule has 0 aliphatic rings. The highest BCUT2D eigenvalue weighted by molar-refractivity contribution is 5.55. The fourth-order valence-electron chi connectivity index (χ4n) is 1.31. The fourth-order valence-corrected chi connectivity index (χ4v) is 1.31. The number of nitrogen functional groups attached to an aromatic ring is 1. The van der Waals surface area contributed by atoms with E-state index in [1.807, 2.05) is 44.3 Å². The van der Waals surface area contributed by atoms with Gasteiger partial charge in [-0.3, -0.25) is 0 Å². The molecule has 0 atom stereocenters. The van der Waals surface area contributed by atoms with E-state index >= 15 is 0 Å². The van der Waals surface area contributed by atoms with Gasteiger partial charge in [-0.2, -0.15) is 0 Å². The highest BCUT2D eigenvalue weighted by atomic mass is 15.1. The van der Waals surface area contributed by atoms with Gasteiger partial charge in [-0.25, -0.2) is 9.97 Å². The summed E-state index contributed by atoms with van der Waals surface area (Å²) in [6, 6.07) is 7.59. The van der Waals surface area contributed by atoms with E-state index in [4.69, 9.17) is 5.73 Å². The summed E-state index contributed by atoms with van der Waals surface area (Å²) in [5.41, 5.74) is 8.34. The van der Waals surface area contributed by atoms with Crippen molar-refractivity contribution in [3.63, 3.8) is 0 Å². The normalized spacial score (nSPS) is 10.1. The number of nitrogens with zero attached hydrogens (tertiary/aromatic N) is 2. The SMILES string of the molecule is Cc1ccc(Nc2ccc(N)c(C)n2)nc1. The molecule has 2 heterocycles. The van der Waals surface area contributed by atoms with Gasteiger partial charge < -0.3 is 11.1 Å². The van der Waals surface area contributed by atoms with Crippen LogP contribution in [0, 0.1) is 13.8 Å². The molecule has 0 saturated heterocycles. The predicted molar refractivity (Wildman–Crippen MR) is 65.6 cm³/mol. The lowest BCUT2D eigenvalue weighted by Crippen LogP contribution is -1.99. The molecule has 4 nitrogen and oxygen atoms in total. The van der Waals surface area contributed by atoms with E-state index in [9.17, 15) is 0 Å². The Morgan fingerprint density at radius 3 is 2.44 bits per heavy atom. The van der Waals surface area contributed by atoms with Crippen molar-refractivity contribution < 1.29 is 0 Å². The van der Waals surface area contributed by atoms with Gasteiger partial charge in [-0.1, -0.05) is 6.07 Å². The van der Waals surface area contributed by atoms with E-state index < -0.39 is 0 Å². The molecular weight excluding hydrogens is 200 g/mol. The predicted octanol–water partition coefficient (Wildman–Crippen LogP) is 2.42. The van der Waals surface area contributed by atoms with Crippen molar-refractivity contribution in [2.45, 2.75) is 13.8 Å². The second kappa shape index (κ2) is 4.18. The van der Waals surface area contributed by atoms with E-state index in [1.54, 1.807) is 0 Å². The van der Waals surface area contributed by atoms with Crippen LogP contribution in [-0.2, 0) is 0 Å². The standard InChI is InChI=1S/C12H14N4/c1-8-3-5-11(14-7-8)16-12-6-4-10(13)9(2)15-12/h3-7H,13H2,1-2H3,(H,14,15,16). The molecule has 0 aromatic carbocycles. The number of nitrogens with two attached hydrogens (primary N) is 1. The average Bonchev–Trinajstić information content (AvgIpc) is 2.27. The zero-order valence-corrected chi connectivity index (χ0v) is 9.36. The number of aromatic nitrogens is 2. The van der Waals surface area contributed by atoms with E-state index in [0.717, 1.165) is 22.9 Å². The maximum atomic E-state index is 5.70. The number of hydrogen-bond donors (Lipinski definition) is 2. The lowest BCUT2D eigenvalue weighted by molar-refractivity contribution is 1.18. The van der Waals surface area contributed by atoms with E-state index in [2.05, 4.69) is 15.3 Å². The Kier molecular flexibility index (Phi) is 2.72. The lowest BCUT2D eigenvalue weighted by atomic mass is 10.3. The molecule has 0 amide bonds. The third-order valence-corrected chi connectivity index (χ3v) is 2.29. The first-order chi connectivity index (χ1) is 7.65. The second-order valence-electron chi connectivity index (χ2n) is 3.72. The molecule has 16 heavy (non-hydrogen) atoms. The maximum Gasteiger partial charge on any atom is 0.131 e. The van der Waals surface area contributed by atoms with Gasteiger partial charge in [0.1, 0.15) is 11.6 Å². The van der Waals surface area contributed by atoms with Crippen LogP contribution in [-0.4, -0.2) is 9.97 Å². The molecule has 0 unspecified atom stereocenters. The number of nitrogens with one attached hydrogen (secondary N) is 1. The average molecular weight is 214 g/mol. The molecule has 0 aliphatic heterocycles. The summed E-state index contributed by atoms with van der Waals surface area (Å²) in [7, 11) is 0. The number of hydrogen-bond acceptors (Lipinski definition) is 4. The van der Waals surface area contributed by atoms with Gasteiger partial charge in [-0.05, 0) is 37.6 Å². The largest absolute Gasteiger partial charge is 0.397 e. The Morgan fingerprint density at radius 1 is 1.06 bits per heavy atom. The molecule has 0 saturated carbocycles. The molecule has 0 aliphatic carbocycles. The molecule has 0 bridgehead atoms. The van der Waals surface area contributed by atoms with Crippen molar-refractivity contribution in [2.24, 2.45) is 0 Å². The second-order valence-corrected chi connectivity index (χ2v) is 3.72. The first-order valence-electron chi connectivity index (χ1n) is 5.08. The summed E-state index contributed by atoms with van der Waals surface area (Å²) in [6.45, 7) is 3.88. The molecule has 4 heteroatoms. The van der Waals surface area contributed by atoms with Crippen LogP contribution in [0.2, 0.25) is 0 Å². The van der Waals surface area contributed by atoms with Crippen molar-refractivity contribution in [1.82, 2.24) is 9.97 Å². The summed E-state index contributed by atoms with van der Waals surface area (Å²) in [5, 5.41) is 3.12. The van der Waals surface area contributed by atoms with E-state index in [1.165, 1.54) is 0 Å². The highest BCUT2D eigenvalue weighted by Crippen LogP contribution is 2.15. The van der Waals surface area contributed by atoms with Crippen LogP contribution >= 0.6 is 0 Å². The first-order valence-corrected chi connectivity index (χ1v) is 5.08. The number of rotatable bonds is 2. The number of anilines is 3. The van der Waals surface area contributed by atoms with Crippen molar-refractivity contribution in [3.05, 3.63) is 41.7 Å². The summed E-state index contributed by atoms with van der Waals surface area (Å²) in [5.74, 6) is 1.53. The van der Waals surface area contributed by atoms with Gasteiger partial charge in [0.05, 0.1) is 11.4 Å². The number of pyridine rings is 2. The van der Waals surface area contributed by atoms with E-state index in [-0.39, 0.29) is 0 Å². The third-order valence-electron chi connectivity index (χ3n) is 2.29. The Balaban J connectivity index is 2.20. The van der Waals surface area contributed by atoms with Crippen molar-refractivity contribution >= 4 is 17.3 Å². The molecule has 82 valence electrons. The molecule has 3 N–H and O–H groups in total. The molecular formula is C12H14N4. The van der Waals surface area contributed by atoms with Crippen LogP contribution in [0.3, 0.4) is 0 Å². The lowest BCUT2D eigenvalue weighted by Gasteiger charge is -2.06. The third kappa shape index (κ3) is 2.28. The van der Waals surface area contributed by atoms with Crippen LogP contribution in [0.5, 0.6) is 0 Å². The van der Waals surface area contributed by atoms with Gasteiger partial charge in [0.2, 0.25) is 0 Å². The summed E-state index contributed by atoms with van der Waals surface area (Å²) in [4.78, 5) is 8.56. The van der Waals surface area contributed by atoms with Crippen LogP contribution in [0.25, 0.3) is 0 Å². The van der Waals surface area contributed by atoms with Crippen LogP contribution in [0.4, 0.5) is 17.3 Å². The van der Waals surface area contributed by atoms with Crippen molar-refractivity contribution in [1.29, 1.82) is 0 Å². The summed E-state index contributed by atoms with van der Waals surface area (Å²) in [6.07, 6.45) is 1.81. The Hall–Kier alpha value is -2.10. The minimum atomic E-state index is 0.697. The van der Waals surface area contributed by atoms with Crippen LogP contribution in [0.1, 0.15) is 11.3 Å². The topological polar surface area (TPSA) is 63.8 Å². The summed E-state index contributed by atoms with van der Waals surface area (Å²) >= 11 is 0. The molecule has 0 radical (unpaired) electrons. The quantitative estimate of drug-likeness (QED) is 0.805. The monoisotopic (exact) mass is 214 g/mol. The van der Waals surface area contributed by atoms with Gasteiger partial charge in [-0.15, -0.1) is 0 Å². The van der Waals surface area contributed by atoms with Gasteiger partial charge in [0.25, 0.3) is 0 Å². The van der Waals surface area contributed by atoms with Crippen molar-refractivity contribution in [2.75, 3.05) is 11.1 Å². The number of aryl methyl sites for hydroxylation is 2. The Morgan fingerprint density at radius 2 is 1.81 bits per heavy atom. The van der Waals surface area contributed by atoms with Gasteiger partial charge in [0.15, 0.2) is 0 Å². The molecule has 2 aromatic heterocycles. The molecule has 2 rings (SSSR count). The zero-order chi connectivity index (χ0) is 11.5.